The lowest BCUT2D eigenvalue weighted by Crippen LogP contribution is -2.59. The van der Waals surface area contributed by atoms with Crippen LogP contribution in [0, 0.1) is 18.9 Å². The molecule has 0 spiro atoms. The molecule has 80 heavy (non-hydrogen) atoms. The van der Waals surface area contributed by atoms with E-state index in [1.54, 1.807) is 49.1 Å². The number of ether oxygens (including phenoxy) is 5. The largest absolute Gasteiger partial charge is 0.482 e. The van der Waals surface area contributed by atoms with Crippen LogP contribution in [0.4, 0.5) is 11.6 Å². The van der Waals surface area contributed by atoms with E-state index >= 15 is 0 Å². The molecule has 2 bridgehead atoms. The molecular weight excluding hydrogens is 1020 g/mol. The Bertz CT molecular complexity index is 2760. The molecular formula is C58H82N12O10. The molecule has 4 heterocycles. The number of anilines is 1. The van der Waals surface area contributed by atoms with Crippen molar-refractivity contribution < 1.29 is 47.7 Å². The smallest absolute Gasteiger partial charge is 0.260 e. The molecule has 22 nitrogen and oxygen atoms in total. The van der Waals surface area contributed by atoms with Gasteiger partial charge >= 0.3 is 0 Å². The number of nitrogens with one attached hydrogen (secondary N) is 5. The monoisotopic (exact) mass is 1110 g/mol. The molecule has 0 radical (unpaired) electrons. The molecule has 4 aromatic rings. The van der Waals surface area contributed by atoms with Crippen molar-refractivity contribution in [1.29, 1.82) is 0 Å². The fourth-order valence-electron chi connectivity index (χ4n) is 9.55. The predicted octanol–water partition coefficient (Wildman–Crippen LogP) is 4.65. The number of nitrogens with two attached hydrogens (primary N) is 1. The predicted molar refractivity (Wildman–Crippen MR) is 302 cm³/mol. The Kier molecular flexibility index (Phi) is 23.3. The number of likely N-dealkylation sites (N-methyl/N-ethyl adjacent to an activating group) is 1. The fourth-order valence-corrected chi connectivity index (χ4v) is 9.55. The number of aryl methyl sites for hydroxylation is 1. The number of likely N-dealkylation sites (tertiary alicyclic amines) is 1. The molecule has 7 N–H and O–H groups in total. The second kappa shape index (κ2) is 30.0. The Morgan fingerprint density at radius 2 is 1.61 bits per heavy atom. The van der Waals surface area contributed by atoms with E-state index in [0.717, 1.165) is 11.1 Å². The molecule has 434 valence electrons. The number of aromatic nitrogens is 3. The van der Waals surface area contributed by atoms with Crippen molar-refractivity contribution in [3.63, 3.8) is 0 Å². The lowest BCUT2D eigenvalue weighted by atomic mass is 9.85. The number of carbonyl (C=O) groups is 5. The maximum absolute atomic E-state index is 14.3. The zero-order chi connectivity index (χ0) is 57.9. The highest BCUT2D eigenvalue weighted by atomic mass is 16.6. The molecule has 2 aromatic carbocycles. The van der Waals surface area contributed by atoms with E-state index in [0.29, 0.717) is 106 Å². The summed E-state index contributed by atoms with van der Waals surface area (Å²) in [6, 6.07) is 14.6. The number of nitrogens with zero attached hydrogens (tertiary/aromatic N) is 6. The number of rotatable bonds is 27. The lowest BCUT2D eigenvalue weighted by Gasteiger charge is -2.36. The maximum atomic E-state index is 14.3. The molecule has 22 heteroatoms. The Labute approximate surface area is 470 Å². The van der Waals surface area contributed by atoms with Crippen molar-refractivity contribution in [2.45, 2.75) is 117 Å². The van der Waals surface area contributed by atoms with Crippen molar-refractivity contribution >= 4 is 41.2 Å². The first kappa shape index (κ1) is 62.2. The number of fused-ring (bicyclic) bond motifs is 5. The summed E-state index contributed by atoms with van der Waals surface area (Å²) in [7, 11) is 3.38. The zero-order valence-corrected chi connectivity index (χ0v) is 47.9. The van der Waals surface area contributed by atoms with Crippen LogP contribution < -0.4 is 37.1 Å². The number of benzene rings is 2. The highest BCUT2D eigenvalue weighted by molar-refractivity contribution is 5.96. The highest BCUT2D eigenvalue weighted by Gasteiger charge is 2.45. The Hall–Kier alpha value is -7.00. The van der Waals surface area contributed by atoms with Crippen LogP contribution in [0.3, 0.4) is 0 Å². The van der Waals surface area contributed by atoms with Gasteiger partial charge < -0.3 is 70.6 Å². The number of hydrogen-bond acceptors (Lipinski definition) is 15. The average molecular weight is 1110 g/mol. The SMILES string of the molecule is [C-]#[N+]c1c2c(nn1CCNC(=O)CCOCCOCCOCCOCCN[C@H]1C[C@@H](C(=O)N[C@H](CC)c3ccccc3)N(C(=O)[C@@H](NC(=O)[C@H](C)NC)C(C)(C)C)C1)CN(C)C(=O)c1ccc(C)cc1[C@@H](C)Oc1cc-2cnc1N. The minimum atomic E-state index is -0.854. The third-order valence-corrected chi connectivity index (χ3v) is 14.1. The summed E-state index contributed by atoms with van der Waals surface area (Å²) in [5.74, 6) is -0.575. The topological polar surface area (TPSA) is 259 Å². The van der Waals surface area contributed by atoms with Gasteiger partial charge in [0.05, 0.1) is 78.0 Å². The molecule has 0 saturated carbocycles. The molecule has 5 amide bonds. The van der Waals surface area contributed by atoms with Crippen LogP contribution in [0.1, 0.15) is 106 Å². The van der Waals surface area contributed by atoms with Crippen LogP contribution in [0.15, 0.2) is 60.8 Å². The molecule has 2 aliphatic heterocycles. The van der Waals surface area contributed by atoms with E-state index in [9.17, 15) is 24.0 Å². The number of carbonyl (C=O) groups excluding carboxylic acids is 5. The fraction of sp³-hybridized carbons (Fsp3) is 0.552. The Balaban J connectivity index is 0.862. The van der Waals surface area contributed by atoms with E-state index in [4.69, 9.17) is 41.1 Å². The summed E-state index contributed by atoms with van der Waals surface area (Å²) >= 11 is 0. The summed E-state index contributed by atoms with van der Waals surface area (Å²) in [5, 5.41) is 20.2. The standard InChI is InChI=1S/C58H82N12O10/c1-11-45(40-15-13-12-14-16-40)65-55(73)47-33-42(35-69(47)57(75)51(58(5,6)7)66-54(72)38(3)60-8)62-21-24-77-26-28-79-30-29-78-27-25-76-23-19-49(71)63-20-22-70-53(61-9)50-41-32-48(52(59)64-34-41)80-39(4)44-31-37(2)17-18-43(44)56(74)68(10)36-46(50)67-70/h12-18,31-32,34,38-39,42,45,47,51,60,62H,11,19-30,33,35-36H2,1-8,10H3,(H2,59,64)(H,63,71)(H,65,73)(H,66,72)/t38-,39+,42-,45+,47-,51+/m0/s1. The molecule has 6 rings (SSSR count). The minimum Gasteiger partial charge on any atom is -0.482 e. The summed E-state index contributed by atoms with van der Waals surface area (Å²) in [6.07, 6.45) is 2.23. The minimum absolute atomic E-state index is 0.109. The van der Waals surface area contributed by atoms with Gasteiger partial charge in [-0.1, -0.05) is 82.3 Å². The van der Waals surface area contributed by atoms with Gasteiger partial charge in [-0.3, -0.25) is 24.0 Å². The van der Waals surface area contributed by atoms with Crippen LogP contribution in [0.25, 0.3) is 16.0 Å². The number of hydrogen-bond donors (Lipinski definition) is 6. The van der Waals surface area contributed by atoms with Crippen LogP contribution in [0.2, 0.25) is 0 Å². The van der Waals surface area contributed by atoms with Gasteiger partial charge in [-0.2, -0.15) is 4.68 Å². The summed E-state index contributed by atoms with van der Waals surface area (Å²) in [6.45, 7) is 25.3. The molecule has 6 atom stereocenters. The van der Waals surface area contributed by atoms with Crippen LogP contribution in [0.5, 0.6) is 5.75 Å². The molecule has 0 unspecified atom stereocenters. The van der Waals surface area contributed by atoms with Gasteiger partial charge in [-0.15, -0.1) is 5.10 Å². The second-order valence-corrected chi connectivity index (χ2v) is 21.2. The first-order chi connectivity index (χ1) is 38.3. The van der Waals surface area contributed by atoms with Gasteiger partial charge in [-0.25, -0.2) is 4.98 Å². The van der Waals surface area contributed by atoms with E-state index < -0.39 is 29.6 Å². The van der Waals surface area contributed by atoms with Crippen molar-refractivity contribution in [1.82, 2.24) is 51.1 Å². The van der Waals surface area contributed by atoms with Gasteiger partial charge in [0.1, 0.15) is 30.4 Å². The van der Waals surface area contributed by atoms with Gasteiger partial charge in [0.2, 0.25) is 23.6 Å². The van der Waals surface area contributed by atoms with Crippen LogP contribution in [-0.2, 0) is 51.2 Å². The quantitative estimate of drug-likeness (QED) is 0.0351. The molecule has 1 saturated heterocycles. The summed E-state index contributed by atoms with van der Waals surface area (Å²) < 4.78 is 30.5. The zero-order valence-electron chi connectivity index (χ0n) is 47.9. The number of pyridine rings is 1. The second-order valence-electron chi connectivity index (χ2n) is 21.2. The van der Waals surface area contributed by atoms with E-state index in [1.807, 2.05) is 84.0 Å². The number of nitrogen functional groups attached to an aromatic ring is 1. The van der Waals surface area contributed by atoms with Crippen molar-refractivity contribution in [3.8, 4) is 16.9 Å². The van der Waals surface area contributed by atoms with Gasteiger partial charge in [0.25, 0.3) is 11.7 Å². The first-order valence-electron chi connectivity index (χ1n) is 27.5. The van der Waals surface area contributed by atoms with Crippen LogP contribution in [-0.4, -0.2) is 165 Å². The van der Waals surface area contributed by atoms with Gasteiger partial charge in [-0.05, 0) is 69.3 Å². The van der Waals surface area contributed by atoms with Crippen molar-refractivity contribution in [2.24, 2.45) is 5.41 Å². The molecule has 2 aliphatic rings. The highest BCUT2D eigenvalue weighted by Crippen LogP contribution is 2.39. The third kappa shape index (κ3) is 17.0. The van der Waals surface area contributed by atoms with E-state index in [1.165, 1.54) is 4.68 Å². The lowest BCUT2D eigenvalue weighted by molar-refractivity contribution is -0.144. The molecule has 2 aromatic heterocycles. The molecule has 0 aliphatic carbocycles. The van der Waals surface area contributed by atoms with E-state index in [2.05, 4.69) is 36.4 Å². The van der Waals surface area contributed by atoms with Gasteiger partial charge in [0, 0.05) is 55.5 Å². The third-order valence-electron chi connectivity index (χ3n) is 14.1. The van der Waals surface area contributed by atoms with Crippen LogP contribution >= 0.6 is 0 Å². The summed E-state index contributed by atoms with van der Waals surface area (Å²) in [5.41, 5.74) is 10.3. The average Bonchev–Trinajstić information content (AvgIpc) is 4.18. The van der Waals surface area contributed by atoms with E-state index in [-0.39, 0.29) is 85.9 Å². The molecule has 1 fully saturated rings. The normalized spacial score (nSPS) is 17.4. The Morgan fingerprint density at radius 1 is 0.938 bits per heavy atom. The Morgan fingerprint density at radius 3 is 2.26 bits per heavy atom. The van der Waals surface area contributed by atoms with Crippen molar-refractivity contribution in [3.05, 3.63) is 100 Å². The first-order valence-corrected chi connectivity index (χ1v) is 27.5. The van der Waals surface area contributed by atoms with Gasteiger partial charge in [0.15, 0.2) is 11.6 Å². The number of amides is 5. The summed E-state index contributed by atoms with van der Waals surface area (Å²) in [4.78, 5) is 79.3. The maximum Gasteiger partial charge on any atom is 0.260 e. The van der Waals surface area contributed by atoms with Crippen molar-refractivity contribution in [2.75, 3.05) is 92.3 Å².